The van der Waals surface area contributed by atoms with Gasteiger partial charge in [0.2, 0.25) is 5.91 Å². The molecule has 7 nitrogen and oxygen atoms in total. The lowest BCUT2D eigenvalue weighted by Crippen LogP contribution is -2.41. The summed E-state index contributed by atoms with van der Waals surface area (Å²) in [6.45, 7) is 1.71. The minimum atomic E-state index is -0.540. The Hall–Kier alpha value is -2.87. The number of hydrogen-bond acceptors (Lipinski definition) is 6. The van der Waals surface area contributed by atoms with E-state index in [-0.39, 0.29) is 0 Å². The molecule has 0 saturated carbocycles. The number of furan rings is 1. The van der Waals surface area contributed by atoms with E-state index in [0.29, 0.717) is 16.6 Å². The van der Waals surface area contributed by atoms with Crippen molar-refractivity contribution in [1.82, 2.24) is 20.6 Å². The molecule has 0 saturated heterocycles. The van der Waals surface area contributed by atoms with E-state index in [0.717, 1.165) is 10.9 Å². The Labute approximate surface area is 148 Å². The quantitative estimate of drug-likeness (QED) is 0.551. The zero-order valence-corrected chi connectivity index (χ0v) is 14.5. The number of benzene rings is 1. The average molecular weight is 356 g/mol. The van der Waals surface area contributed by atoms with Crippen LogP contribution in [0.3, 0.4) is 0 Å². The second-order valence-electron chi connectivity index (χ2n) is 5.18. The number of nitrogens with zero attached hydrogens (tertiary/aromatic N) is 2. The third-order valence-corrected chi connectivity index (χ3v) is 4.53. The molecule has 128 valence electrons. The standard InChI is InChI=1S/C17H16N4O3S/c1-10(15(22)21-17(23)18-2)25-16-11-6-3-4-7-12(11)19-14(20-16)13-8-5-9-24-13/h3-10H,1-2H3,(H2,18,21,22,23). The van der Waals surface area contributed by atoms with Gasteiger partial charge >= 0.3 is 6.03 Å². The van der Waals surface area contributed by atoms with Crippen LogP contribution in [-0.4, -0.2) is 34.2 Å². The Morgan fingerprint density at radius 2 is 1.96 bits per heavy atom. The van der Waals surface area contributed by atoms with Crippen molar-refractivity contribution in [3.05, 3.63) is 42.7 Å². The van der Waals surface area contributed by atoms with Gasteiger partial charge in [0.05, 0.1) is 17.0 Å². The minimum absolute atomic E-state index is 0.397. The number of thioether (sulfide) groups is 1. The number of nitrogens with one attached hydrogen (secondary N) is 2. The summed E-state index contributed by atoms with van der Waals surface area (Å²) in [5.41, 5.74) is 0.755. The van der Waals surface area contributed by atoms with E-state index in [1.165, 1.54) is 18.8 Å². The highest BCUT2D eigenvalue weighted by atomic mass is 32.2. The van der Waals surface area contributed by atoms with Crippen molar-refractivity contribution >= 4 is 34.6 Å². The maximum absolute atomic E-state index is 12.1. The van der Waals surface area contributed by atoms with Crippen molar-refractivity contribution in [1.29, 1.82) is 0 Å². The molecule has 1 aromatic carbocycles. The first-order valence-electron chi connectivity index (χ1n) is 7.58. The van der Waals surface area contributed by atoms with Crippen molar-refractivity contribution in [3.8, 4) is 11.6 Å². The van der Waals surface area contributed by atoms with E-state index < -0.39 is 17.2 Å². The maximum Gasteiger partial charge on any atom is 0.321 e. The first kappa shape index (κ1) is 17.0. The molecule has 1 atom stereocenters. The number of amides is 3. The minimum Gasteiger partial charge on any atom is -0.461 e. The molecule has 0 aliphatic rings. The predicted molar refractivity (Wildman–Crippen MR) is 95.2 cm³/mol. The molecule has 3 rings (SSSR count). The highest BCUT2D eigenvalue weighted by Gasteiger charge is 2.20. The molecular formula is C17H16N4O3S. The Morgan fingerprint density at radius 3 is 2.68 bits per heavy atom. The number of para-hydroxylation sites is 1. The molecule has 0 bridgehead atoms. The van der Waals surface area contributed by atoms with E-state index >= 15 is 0 Å². The monoisotopic (exact) mass is 356 g/mol. The summed E-state index contributed by atoms with van der Waals surface area (Å²) in [5, 5.41) is 5.59. The number of hydrogen-bond donors (Lipinski definition) is 2. The zero-order chi connectivity index (χ0) is 17.8. The summed E-state index contributed by atoms with van der Waals surface area (Å²) in [6, 6.07) is 10.5. The van der Waals surface area contributed by atoms with Gasteiger partial charge < -0.3 is 9.73 Å². The van der Waals surface area contributed by atoms with Crippen LogP contribution in [0.15, 0.2) is 52.1 Å². The summed E-state index contributed by atoms with van der Waals surface area (Å²) in [7, 11) is 1.45. The molecule has 3 aromatic rings. The van der Waals surface area contributed by atoms with Crippen LogP contribution in [0.5, 0.6) is 0 Å². The van der Waals surface area contributed by atoms with E-state index in [9.17, 15) is 9.59 Å². The molecule has 0 radical (unpaired) electrons. The van der Waals surface area contributed by atoms with Crippen LogP contribution in [-0.2, 0) is 4.79 Å². The van der Waals surface area contributed by atoms with Gasteiger partial charge in [0, 0.05) is 12.4 Å². The third-order valence-electron chi connectivity index (χ3n) is 3.43. The highest BCUT2D eigenvalue weighted by molar-refractivity contribution is 8.00. The van der Waals surface area contributed by atoms with Crippen LogP contribution in [0.1, 0.15) is 6.92 Å². The van der Waals surface area contributed by atoms with Crippen LogP contribution in [0.2, 0.25) is 0 Å². The van der Waals surface area contributed by atoms with Crippen molar-refractivity contribution in [2.75, 3.05) is 7.05 Å². The molecule has 1 unspecified atom stereocenters. The Kier molecular flexibility index (Phi) is 4.99. The van der Waals surface area contributed by atoms with E-state index in [4.69, 9.17) is 4.42 Å². The summed E-state index contributed by atoms with van der Waals surface area (Å²) >= 11 is 1.26. The van der Waals surface area contributed by atoms with E-state index in [1.54, 1.807) is 25.3 Å². The fourth-order valence-electron chi connectivity index (χ4n) is 2.15. The third kappa shape index (κ3) is 3.80. The van der Waals surface area contributed by atoms with E-state index in [2.05, 4.69) is 20.6 Å². The molecule has 0 aliphatic heterocycles. The van der Waals surface area contributed by atoms with Crippen LogP contribution < -0.4 is 10.6 Å². The first-order valence-corrected chi connectivity index (χ1v) is 8.46. The summed E-state index contributed by atoms with van der Waals surface area (Å²) < 4.78 is 5.38. The molecule has 8 heteroatoms. The van der Waals surface area contributed by atoms with Crippen LogP contribution in [0.4, 0.5) is 4.79 Å². The number of urea groups is 1. The lowest BCUT2D eigenvalue weighted by atomic mass is 10.2. The molecule has 0 spiro atoms. The van der Waals surface area contributed by atoms with Gasteiger partial charge in [-0.15, -0.1) is 0 Å². The van der Waals surface area contributed by atoms with Crippen molar-refractivity contribution in [2.24, 2.45) is 0 Å². The lowest BCUT2D eigenvalue weighted by molar-refractivity contribution is -0.119. The Bertz CT molecular complexity index is 911. The van der Waals surface area contributed by atoms with Crippen molar-refractivity contribution in [3.63, 3.8) is 0 Å². The molecule has 25 heavy (non-hydrogen) atoms. The smallest absolute Gasteiger partial charge is 0.321 e. The van der Waals surface area contributed by atoms with Gasteiger partial charge in [0.1, 0.15) is 5.03 Å². The lowest BCUT2D eigenvalue weighted by Gasteiger charge is -2.12. The Balaban J connectivity index is 1.94. The first-order chi connectivity index (χ1) is 12.1. The molecule has 0 aliphatic carbocycles. The normalized spacial score (nSPS) is 11.9. The molecule has 0 fully saturated rings. The molecule has 2 N–H and O–H groups in total. The number of carbonyl (C=O) groups excluding carboxylic acids is 2. The SMILES string of the molecule is CNC(=O)NC(=O)C(C)Sc1nc(-c2ccco2)nc2ccccc12. The van der Waals surface area contributed by atoms with Crippen molar-refractivity contribution < 1.29 is 14.0 Å². The van der Waals surface area contributed by atoms with Crippen molar-refractivity contribution in [2.45, 2.75) is 17.2 Å². The molecular weight excluding hydrogens is 340 g/mol. The second-order valence-corrected chi connectivity index (χ2v) is 6.50. The van der Waals surface area contributed by atoms with Gasteiger partial charge in [-0.3, -0.25) is 10.1 Å². The Morgan fingerprint density at radius 1 is 1.16 bits per heavy atom. The number of rotatable bonds is 4. The zero-order valence-electron chi connectivity index (χ0n) is 13.6. The van der Waals surface area contributed by atoms with Crippen LogP contribution in [0.25, 0.3) is 22.5 Å². The highest BCUT2D eigenvalue weighted by Crippen LogP contribution is 2.31. The summed E-state index contributed by atoms with van der Waals surface area (Å²) in [5.74, 6) is 0.603. The fourth-order valence-corrected chi connectivity index (χ4v) is 3.09. The second kappa shape index (κ2) is 7.35. The average Bonchev–Trinajstić information content (AvgIpc) is 3.16. The summed E-state index contributed by atoms with van der Waals surface area (Å²) in [6.07, 6.45) is 1.56. The van der Waals surface area contributed by atoms with Gasteiger partial charge in [-0.1, -0.05) is 30.0 Å². The molecule has 3 amide bonds. The number of aromatic nitrogens is 2. The van der Waals surface area contributed by atoms with Gasteiger partial charge in [-0.2, -0.15) is 0 Å². The largest absolute Gasteiger partial charge is 0.461 e. The predicted octanol–water partition coefficient (Wildman–Crippen LogP) is 2.83. The fraction of sp³-hybridized carbons (Fsp3) is 0.176. The summed E-state index contributed by atoms with van der Waals surface area (Å²) in [4.78, 5) is 32.5. The number of carbonyl (C=O) groups is 2. The van der Waals surface area contributed by atoms with Gasteiger partial charge in [0.25, 0.3) is 0 Å². The van der Waals surface area contributed by atoms with Gasteiger partial charge in [-0.05, 0) is 25.1 Å². The maximum atomic E-state index is 12.1. The van der Waals surface area contributed by atoms with Crippen LogP contribution in [0, 0.1) is 0 Å². The number of imide groups is 1. The van der Waals surface area contributed by atoms with Crippen LogP contribution >= 0.6 is 11.8 Å². The number of fused-ring (bicyclic) bond motifs is 1. The molecule has 2 heterocycles. The van der Waals surface area contributed by atoms with E-state index in [1.807, 2.05) is 24.3 Å². The molecule has 2 aromatic heterocycles. The topological polar surface area (TPSA) is 97.1 Å². The van der Waals surface area contributed by atoms with Gasteiger partial charge in [-0.25, -0.2) is 14.8 Å². The van der Waals surface area contributed by atoms with Gasteiger partial charge in [0.15, 0.2) is 11.6 Å².